The first-order valence-corrected chi connectivity index (χ1v) is 6.66. The highest BCUT2D eigenvalue weighted by Crippen LogP contribution is 2.22. The van der Waals surface area contributed by atoms with Crippen molar-refractivity contribution < 1.29 is 0 Å². The van der Waals surface area contributed by atoms with Gasteiger partial charge in [0.2, 0.25) is 0 Å². The largest absolute Gasteiger partial charge is 0.389 e. The number of pyridine rings is 1. The smallest absolute Gasteiger partial charge is 0.161 e. The highest BCUT2D eigenvalue weighted by molar-refractivity contribution is 7.80. The van der Waals surface area contributed by atoms with Crippen molar-refractivity contribution in [2.75, 3.05) is 11.9 Å². The molecule has 2 aromatic heterocycles. The van der Waals surface area contributed by atoms with E-state index >= 15 is 0 Å². The third-order valence-electron chi connectivity index (χ3n) is 3.17. The third kappa shape index (κ3) is 2.91. The van der Waals surface area contributed by atoms with E-state index in [4.69, 9.17) is 18.0 Å². The molecule has 0 aliphatic carbocycles. The fraction of sp³-hybridized carbons (Fsp3) is 0.286. The highest BCUT2D eigenvalue weighted by Gasteiger charge is 2.17. The van der Waals surface area contributed by atoms with Gasteiger partial charge in [0.05, 0.1) is 23.5 Å². The van der Waals surface area contributed by atoms with Gasteiger partial charge < -0.3 is 10.6 Å². The van der Waals surface area contributed by atoms with Crippen molar-refractivity contribution in [2.45, 2.75) is 20.4 Å². The lowest BCUT2D eigenvalue weighted by Crippen LogP contribution is -2.25. The number of rotatable bonds is 4. The summed E-state index contributed by atoms with van der Waals surface area (Å²) in [6.45, 7) is 4.47. The van der Waals surface area contributed by atoms with Crippen LogP contribution in [-0.4, -0.2) is 27.2 Å². The van der Waals surface area contributed by atoms with Crippen molar-refractivity contribution in [3.63, 3.8) is 0 Å². The van der Waals surface area contributed by atoms with Crippen LogP contribution in [0.1, 0.15) is 22.5 Å². The molecule has 20 heavy (non-hydrogen) atoms. The van der Waals surface area contributed by atoms with Crippen LogP contribution in [0.4, 0.5) is 5.82 Å². The number of aryl methyl sites for hydroxylation is 1. The predicted molar refractivity (Wildman–Crippen MR) is 83.7 cm³/mol. The van der Waals surface area contributed by atoms with Crippen LogP contribution in [0.25, 0.3) is 0 Å². The van der Waals surface area contributed by atoms with E-state index in [1.54, 1.807) is 6.20 Å². The zero-order valence-electron chi connectivity index (χ0n) is 11.8. The molecule has 5 nitrogen and oxygen atoms in total. The van der Waals surface area contributed by atoms with Gasteiger partial charge in [0.15, 0.2) is 5.82 Å². The van der Waals surface area contributed by atoms with Crippen LogP contribution in [-0.2, 0) is 6.54 Å². The van der Waals surface area contributed by atoms with Gasteiger partial charge in [-0.3, -0.25) is 4.98 Å². The zero-order valence-corrected chi connectivity index (χ0v) is 12.6. The van der Waals surface area contributed by atoms with Crippen molar-refractivity contribution in [2.24, 2.45) is 5.73 Å². The number of aromatic nitrogens is 3. The lowest BCUT2D eigenvalue weighted by Gasteiger charge is -2.21. The van der Waals surface area contributed by atoms with E-state index in [9.17, 15) is 0 Å². The molecule has 2 aromatic rings. The maximum Gasteiger partial charge on any atom is 0.161 e. The van der Waals surface area contributed by atoms with Crippen LogP contribution in [0.3, 0.4) is 0 Å². The summed E-state index contributed by atoms with van der Waals surface area (Å²) in [5.41, 5.74) is 9.37. The molecule has 2 N–H and O–H groups in total. The first-order valence-electron chi connectivity index (χ1n) is 6.25. The maximum absolute atomic E-state index is 5.84. The monoisotopic (exact) mass is 287 g/mol. The van der Waals surface area contributed by atoms with Gasteiger partial charge >= 0.3 is 0 Å². The Morgan fingerprint density at radius 2 is 2.05 bits per heavy atom. The molecule has 0 fully saturated rings. The summed E-state index contributed by atoms with van der Waals surface area (Å²) in [6, 6.07) is 5.81. The van der Waals surface area contributed by atoms with Gasteiger partial charge in [0.1, 0.15) is 4.99 Å². The van der Waals surface area contributed by atoms with Crippen molar-refractivity contribution in [1.82, 2.24) is 15.2 Å². The van der Waals surface area contributed by atoms with Gasteiger partial charge in [-0.2, -0.15) is 5.10 Å². The highest BCUT2D eigenvalue weighted by atomic mass is 32.1. The first-order chi connectivity index (χ1) is 9.50. The summed E-state index contributed by atoms with van der Waals surface area (Å²) in [6.07, 6.45) is 1.77. The molecule has 2 rings (SSSR count). The Morgan fingerprint density at radius 3 is 2.65 bits per heavy atom. The van der Waals surface area contributed by atoms with Gasteiger partial charge in [-0.05, 0) is 31.5 Å². The van der Waals surface area contributed by atoms with E-state index < -0.39 is 0 Å². The Labute approximate surface area is 123 Å². The number of nitrogens with two attached hydrogens (primary N) is 1. The molecule has 6 heteroatoms. The summed E-state index contributed by atoms with van der Waals surface area (Å²) in [5, 5.41) is 8.39. The van der Waals surface area contributed by atoms with Gasteiger partial charge in [-0.1, -0.05) is 18.3 Å². The number of hydrogen-bond donors (Lipinski definition) is 1. The molecule has 0 radical (unpaired) electrons. The average Bonchev–Trinajstić information content (AvgIpc) is 2.42. The quantitative estimate of drug-likeness (QED) is 0.864. The zero-order chi connectivity index (χ0) is 14.7. The normalized spacial score (nSPS) is 10.3. The van der Waals surface area contributed by atoms with Crippen LogP contribution < -0.4 is 10.6 Å². The van der Waals surface area contributed by atoms with E-state index in [0.29, 0.717) is 17.4 Å². The Balaban J connectivity index is 2.37. The molecule has 0 bridgehead atoms. The van der Waals surface area contributed by atoms with Crippen LogP contribution in [0.2, 0.25) is 0 Å². The minimum atomic E-state index is 0.336. The van der Waals surface area contributed by atoms with Gasteiger partial charge in [-0.25, -0.2) is 0 Å². The average molecular weight is 287 g/mol. The Morgan fingerprint density at radius 1 is 1.30 bits per heavy atom. The minimum absolute atomic E-state index is 0.336. The molecule has 0 amide bonds. The Kier molecular flexibility index (Phi) is 4.24. The van der Waals surface area contributed by atoms with Crippen LogP contribution in [0.5, 0.6) is 0 Å². The molecule has 0 unspecified atom stereocenters. The molecule has 2 heterocycles. The van der Waals surface area contributed by atoms with E-state index in [2.05, 4.69) is 15.2 Å². The molecular weight excluding hydrogens is 270 g/mol. The second-order valence-corrected chi connectivity index (χ2v) is 5.09. The van der Waals surface area contributed by atoms with Crippen LogP contribution in [0.15, 0.2) is 24.4 Å². The summed E-state index contributed by atoms with van der Waals surface area (Å²) in [4.78, 5) is 6.60. The minimum Gasteiger partial charge on any atom is -0.389 e. The van der Waals surface area contributed by atoms with Crippen molar-refractivity contribution >= 4 is 23.0 Å². The maximum atomic E-state index is 5.84. The van der Waals surface area contributed by atoms with Crippen molar-refractivity contribution in [1.29, 1.82) is 0 Å². The van der Waals surface area contributed by atoms with Gasteiger partial charge in [0, 0.05) is 13.2 Å². The summed E-state index contributed by atoms with van der Waals surface area (Å²) < 4.78 is 0. The summed E-state index contributed by atoms with van der Waals surface area (Å²) in [7, 11) is 1.93. The molecule has 0 spiro atoms. The van der Waals surface area contributed by atoms with Crippen molar-refractivity contribution in [3.05, 3.63) is 46.9 Å². The molecule has 0 atom stereocenters. The molecular formula is C14H17N5S. The second kappa shape index (κ2) is 5.92. The fourth-order valence-corrected chi connectivity index (χ4v) is 2.21. The van der Waals surface area contributed by atoms with Gasteiger partial charge in [-0.15, -0.1) is 5.10 Å². The topological polar surface area (TPSA) is 67.9 Å². The fourth-order valence-electron chi connectivity index (χ4n) is 1.97. The molecule has 104 valence electrons. The standard InChI is InChI=1S/C14H17N5S/c1-9-10(2)17-18-14(12(9)13(15)20)19(3)8-11-6-4-5-7-16-11/h4-7H,8H2,1-3H3,(H2,15,20). The van der Waals surface area contributed by atoms with Crippen LogP contribution >= 0.6 is 12.2 Å². The lowest BCUT2D eigenvalue weighted by atomic mass is 10.1. The third-order valence-corrected chi connectivity index (χ3v) is 3.37. The molecule has 0 saturated carbocycles. The SMILES string of the molecule is Cc1nnc(N(C)Cc2ccccn2)c(C(N)=S)c1C. The number of nitrogens with zero attached hydrogens (tertiary/aromatic N) is 4. The lowest BCUT2D eigenvalue weighted by molar-refractivity contribution is 0.829. The van der Waals surface area contributed by atoms with E-state index in [-0.39, 0.29) is 0 Å². The number of thiocarbonyl (C=S) groups is 1. The van der Waals surface area contributed by atoms with E-state index in [1.165, 1.54) is 0 Å². The van der Waals surface area contributed by atoms with E-state index in [1.807, 2.05) is 44.0 Å². The van der Waals surface area contributed by atoms with Crippen LogP contribution in [0, 0.1) is 13.8 Å². The molecule has 0 saturated heterocycles. The molecule has 0 aromatic carbocycles. The number of anilines is 1. The number of hydrogen-bond acceptors (Lipinski definition) is 5. The van der Waals surface area contributed by atoms with Gasteiger partial charge in [0.25, 0.3) is 0 Å². The summed E-state index contributed by atoms with van der Waals surface area (Å²) in [5.74, 6) is 0.686. The van der Waals surface area contributed by atoms with E-state index in [0.717, 1.165) is 22.5 Å². The molecule has 0 aliphatic rings. The first kappa shape index (κ1) is 14.3. The van der Waals surface area contributed by atoms with Crippen molar-refractivity contribution in [3.8, 4) is 0 Å². The Hall–Kier alpha value is -2.08. The summed E-state index contributed by atoms with van der Waals surface area (Å²) >= 11 is 5.15. The Bertz CT molecular complexity index is 627. The second-order valence-electron chi connectivity index (χ2n) is 4.65. The predicted octanol–water partition coefficient (Wildman–Crippen LogP) is 1.76. The molecule has 0 aliphatic heterocycles.